The summed E-state index contributed by atoms with van der Waals surface area (Å²) in [7, 11) is 0. The van der Waals surface area contributed by atoms with Crippen LogP contribution >= 0.6 is 0 Å². The van der Waals surface area contributed by atoms with Crippen LogP contribution in [-0.2, 0) is 13.0 Å². The first kappa shape index (κ1) is 13.8. The van der Waals surface area contributed by atoms with Crippen molar-refractivity contribution in [2.75, 3.05) is 13.1 Å². The van der Waals surface area contributed by atoms with Gasteiger partial charge in [-0.2, -0.15) is 5.10 Å². The minimum absolute atomic E-state index is 0.406. The summed E-state index contributed by atoms with van der Waals surface area (Å²) in [5.41, 5.74) is 2.68. The minimum atomic E-state index is -0.406. The monoisotopic (exact) mass is 259 g/mol. The van der Waals surface area contributed by atoms with Crippen molar-refractivity contribution >= 4 is 0 Å². The molecule has 0 radical (unpaired) electrons. The van der Waals surface area contributed by atoms with E-state index >= 15 is 0 Å². The Kier molecular flexibility index (Phi) is 5.12. The molecule has 0 aliphatic rings. The Hall–Kier alpha value is -1.65. The topological polar surface area (TPSA) is 50.1 Å². The first-order valence-corrected chi connectivity index (χ1v) is 6.66. The Bertz CT molecular complexity index is 482. The normalized spacial score (nSPS) is 12.5. The molecule has 102 valence electrons. The second-order valence-electron chi connectivity index (χ2n) is 4.76. The molecule has 1 unspecified atom stereocenters. The molecule has 19 heavy (non-hydrogen) atoms. The van der Waals surface area contributed by atoms with Crippen LogP contribution in [0.4, 0.5) is 0 Å². The molecule has 0 amide bonds. The highest BCUT2D eigenvalue weighted by molar-refractivity contribution is 5.25. The number of nitrogens with zero attached hydrogens (tertiary/aromatic N) is 2. The van der Waals surface area contributed by atoms with Crippen LogP contribution in [0, 0.1) is 6.92 Å². The van der Waals surface area contributed by atoms with E-state index in [-0.39, 0.29) is 0 Å². The van der Waals surface area contributed by atoms with Crippen LogP contribution in [0.5, 0.6) is 0 Å². The van der Waals surface area contributed by atoms with Gasteiger partial charge in [-0.05, 0) is 37.1 Å². The zero-order chi connectivity index (χ0) is 13.5. The number of rotatable bonds is 7. The highest BCUT2D eigenvalue weighted by Crippen LogP contribution is 2.06. The second kappa shape index (κ2) is 7.07. The number of hydrogen-bond acceptors (Lipinski definition) is 3. The fourth-order valence-corrected chi connectivity index (χ4v) is 2.07. The van der Waals surface area contributed by atoms with E-state index in [0.717, 1.165) is 13.0 Å². The lowest BCUT2D eigenvalue weighted by Crippen LogP contribution is -2.31. The van der Waals surface area contributed by atoms with Gasteiger partial charge in [0.1, 0.15) is 0 Å². The Morgan fingerprint density at radius 2 is 2.16 bits per heavy atom. The smallest absolute Gasteiger partial charge is 0.0860 e. The van der Waals surface area contributed by atoms with Gasteiger partial charge in [-0.1, -0.05) is 24.3 Å². The Labute approximate surface area is 114 Å². The van der Waals surface area contributed by atoms with Gasteiger partial charge in [0.25, 0.3) is 0 Å². The standard InChI is InChI=1S/C15H21N3O/c1-13-5-2-3-6-14(13)7-9-16-11-15(19)12-18-10-4-8-17-18/h2-6,8,10,15-16,19H,7,9,11-12H2,1H3. The zero-order valence-electron chi connectivity index (χ0n) is 11.3. The fourth-order valence-electron chi connectivity index (χ4n) is 2.07. The third-order valence-corrected chi connectivity index (χ3v) is 3.17. The summed E-state index contributed by atoms with van der Waals surface area (Å²) in [6.45, 7) is 4.12. The van der Waals surface area contributed by atoms with Crippen LogP contribution in [0.25, 0.3) is 0 Å². The summed E-state index contributed by atoms with van der Waals surface area (Å²) in [4.78, 5) is 0. The van der Waals surface area contributed by atoms with Crippen molar-refractivity contribution < 1.29 is 5.11 Å². The molecule has 2 aromatic rings. The molecule has 0 saturated heterocycles. The maximum Gasteiger partial charge on any atom is 0.0860 e. The molecule has 4 heteroatoms. The van der Waals surface area contributed by atoms with E-state index in [1.54, 1.807) is 10.9 Å². The zero-order valence-corrected chi connectivity index (χ0v) is 11.3. The maximum absolute atomic E-state index is 9.85. The summed E-state index contributed by atoms with van der Waals surface area (Å²) in [6.07, 6.45) is 4.16. The third-order valence-electron chi connectivity index (χ3n) is 3.17. The van der Waals surface area contributed by atoms with Gasteiger partial charge in [0.2, 0.25) is 0 Å². The Morgan fingerprint density at radius 1 is 1.32 bits per heavy atom. The maximum atomic E-state index is 9.85. The SMILES string of the molecule is Cc1ccccc1CCNCC(O)Cn1cccn1. The van der Waals surface area contributed by atoms with Crippen molar-refractivity contribution in [1.29, 1.82) is 0 Å². The van der Waals surface area contributed by atoms with Crippen molar-refractivity contribution in [2.24, 2.45) is 0 Å². The minimum Gasteiger partial charge on any atom is -0.390 e. The van der Waals surface area contributed by atoms with Crippen molar-refractivity contribution in [2.45, 2.75) is 26.0 Å². The molecule has 2 rings (SSSR count). The molecular weight excluding hydrogens is 238 g/mol. The van der Waals surface area contributed by atoms with Crippen LogP contribution in [-0.4, -0.2) is 34.1 Å². The van der Waals surface area contributed by atoms with E-state index in [2.05, 4.69) is 41.6 Å². The van der Waals surface area contributed by atoms with Gasteiger partial charge in [-0.3, -0.25) is 4.68 Å². The number of hydrogen-bond donors (Lipinski definition) is 2. The van der Waals surface area contributed by atoms with Crippen molar-refractivity contribution in [1.82, 2.24) is 15.1 Å². The average molecular weight is 259 g/mol. The lowest BCUT2D eigenvalue weighted by Gasteiger charge is -2.12. The summed E-state index contributed by atoms with van der Waals surface area (Å²) in [6, 6.07) is 10.3. The summed E-state index contributed by atoms with van der Waals surface area (Å²) in [5.74, 6) is 0. The first-order chi connectivity index (χ1) is 9.25. The van der Waals surface area contributed by atoms with Crippen LogP contribution in [0.3, 0.4) is 0 Å². The molecule has 0 aliphatic heterocycles. The molecule has 1 aromatic heterocycles. The quantitative estimate of drug-likeness (QED) is 0.739. The van der Waals surface area contributed by atoms with Gasteiger partial charge in [-0.15, -0.1) is 0 Å². The van der Waals surface area contributed by atoms with Crippen LogP contribution in [0.2, 0.25) is 0 Å². The van der Waals surface area contributed by atoms with Crippen LogP contribution in [0.1, 0.15) is 11.1 Å². The summed E-state index contributed by atoms with van der Waals surface area (Å²) >= 11 is 0. The molecular formula is C15H21N3O. The van der Waals surface area contributed by atoms with Gasteiger partial charge < -0.3 is 10.4 Å². The van der Waals surface area contributed by atoms with Crippen LogP contribution in [0.15, 0.2) is 42.7 Å². The number of aliphatic hydroxyl groups is 1. The predicted octanol–water partition coefficient (Wildman–Crippen LogP) is 1.38. The first-order valence-electron chi connectivity index (χ1n) is 6.66. The van der Waals surface area contributed by atoms with E-state index in [1.807, 2.05) is 12.3 Å². The Balaban J connectivity index is 1.65. The number of aryl methyl sites for hydroxylation is 1. The van der Waals surface area contributed by atoms with E-state index in [1.165, 1.54) is 11.1 Å². The lowest BCUT2D eigenvalue weighted by atomic mass is 10.1. The molecule has 4 nitrogen and oxygen atoms in total. The molecule has 0 saturated carbocycles. The van der Waals surface area contributed by atoms with Gasteiger partial charge in [0, 0.05) is 18.9 Å². The molecule has 1 atom stereocenters. The number of aliphatic hydroxyl groups excluding tert-OH is 1. The average Bonchev–Trinajstić information content (AvgIpc) is 2.89. The molecule has 2 N–H and O–H groups in total. The fraction of sp³-hybridized carbons (Fsp3) is 0.400. The highest BCUT2D eigenvalue weighted by Gasteiger charge is 2.04. The molecule has 0 spiro atoms. The molecule has 0 bridgehead atoms. The molecule has 0 fully saturated rings. The van der Waals surface area contributed by atoms with Crippen molar-refractivity contribution in [3.05, 3.63) is 53.9 Å². The molecule has 0 aliphatic carbocycles. The van der Waals surface area contributed by atoms with E-state index in [0.29, 0.717) is 13.1 Å². The summed E-state index contributed by atoms with van der Waals surface area (Å²) < 4.78 is 1.74. The van der Waals surface area contributed by atoms with Crippen molar-refractivity contribution in [3.63, 3.8) is 0 Å². The third kappa shape index (κ3) is 4.50. The van der Waals surface area contributed by atoms with Gasteiger partial charge in [0.15, 0.2) is 0 Å². The summed E-state index contributed by atoms with van der Waals surface area (Å²) in [5, 5.41) is 17.2. The lowest BCUT2D eigenvalue weighted by molar-refractivity contribution is 0.147. The second-order valence-corrected chi connectivity index (χ2v) is 4.76. The number of aromatic nitrogens is 2. The van der Waals surface area contributed by atoms with Crippen LogP contribution < -0.4 is 5.32 Å². The predicted molar refractivity (Wildman–Crippen MR) is 76.0 cm³/mol. The van der Waals surface area contributed by atoms with E-state index in [9.17, 15) is 5.11 Å². The van der Waals surface area contributed by atoms with Gasteiger partial charge in [-0.25, -0.2) is 0 Å². The largest absolute Gasteiger partial charge is 0.390 e. The molecule has 1 heterocycles. The molecule has 1 aromatic carbocycles. The van der Waals surface area contributed by atoms with E-state index in [4.69, 9.17) is 0 Å². The van der Waals surface area contributed by atoms with E-state index < -0.39 is 6.10 Å². The van der Waals surface area contributed by atoms with Crippen molar-refractivity contribution in [3.8, 4) is 0 Å². The number of benzene rings is 1. The number of nitrogens with one attached hydrogen (secondary N) is 1. The van der Waals surface area contributed by atoms with Gasteiger partial charge >= 0.3 is 0 Å². The Morgan fingerprint density at radius 3 is 2.89 bits per heavy atom. The van der Waals surface area contributed by atoms with Gasteiger partial charge in [0.05, 0.1) is 12.6 Å². The highest BCUT2D eigenvalue weighted by atomic mass is 16.3.